The number of halogens is 2. The van der Waals surface area contributed by atoms with Gasteiger partial charge in [-0.15, -0.1) is 24.8 Å². The maximum atomic E-state index is 12.1. The van der Waals surface area contributed by atoms with Crippen LogP contribution in [-0.2, 0) is 0 Å². The minimum atomic E-state index is -0.208. The fourth-order valence-corrected chi connectivity index (χ4v) is 4.23. The largest absolute Gasteiger partial charge is 0.370 e. The molecule has 0 saturated heterocycles. The highest BCUT2D eigenvalue weighted by Crippen LogP contribution is 2.12. The van der Waals surface area contributed by atoms with E-state index < -0.39 is 0 Å². The van der Waals surface area contributed by atoms with Crippen molar-refractivity contribution in [2.75, 3.05) is 49.9 Å². The number of carbonyl (C=O) groups excluding carboxylic acids is 2. The van der Waals surface area contributed by atoms with Gasteiger partial charge in [-0.2, -0.15) is 0 Å². The third-order valence-corrected chi connectivity index (χ3v) is 6.30. The molecule has 0 spiro atoms. The highest BCUT2D eigenvalue weighted by molar-refractivity contribution is 6.00. The molecule has 2 aromatic rings. The number of nitrogens with zero attached hydrogens (tertiary/aromatic N) is 2. The number of nitrogens with one attached hydrogen (secondary N) is 6. The van der Waals surface area contributed by atoms with Crippen molar-refractivity contribution >= 4 is 59.9 Å². The van der Waals surface area contributed by atoms with Crippen LogP contribution < -0.4 is 31.9 Å². The Balaban J connectivity index is 0.00000280. The van der Waals surface area contributed by atoms with Crippen LogP contribution in [0.15, 0.2) is 58.5 Å². The molecule has 0 aromatic heterocycles. The lowest BCUT2D eigenvalue weighted by molar-refractivity contribution is 0.250. The monoisotopic (exact) mass is 590 g/mol. The molecule has 12 heteroatoms. The number of carbonyl (C=O) groups is 2. The number of benzene rings is 2. The van der Waals surface area contributed by atoms with Gasteiger partial charge in [-0.1, -0.05) is 12.8 Å². The summed E-state index contributed by atoms with van der Waals surface area (Å²) in [6.45, 7) is 4.80. The first-order valence-corrected chi connectivity index (χ1v) is 13.5. The van der Waals surface area contributed by atoms with Crippen molar-refractivity contribution in [1.82, 2.24) is 21.3 Å². The fraction of sp³-hybridized carbons (Fsp3) is 0.429. The smallest absolute Gasteiger partial charge is 0.319 e. The second-order valence-electron chi connectivity index (χ2n) is 9.35. The van der Waals surface area contributed by atoms with Gasteiger partial charge in [0, 0.05) is 61.8 Å². The molecule has 4 rings (SSSR count). The van der Waals surface area contributed by atoms with Gasteiger partial charge >= 0.3 is 12.1 Å². The lowest BCUT2D eigenvalue weighted by atomic mass is 10.1. The van der Waals surface area contributed by atoms with E-state index in [9.17, 15) is 9.59 Å². The zero-order valence-electron chi connectivity index (χ0n) is 22.6. The summed E-state index contributed by atoms with van der Waals surface area (Å²) in [5.41, 5.74) is 3.55. The van der Waals surface area contributed by atoms with Crippen molar-refractivity contribution in [2.24, 2.45) is 9.98 Å². The Labute approximate surface area is 248 Å². The molecular formula is C28H40Cl2N8O2. The number of amides is 4. The van der Waals surface area contributed by atoms with E-state index in [0.29, 0.717) is 13.1 Å². The summed E-state index contributed by atoms with van der Waals surface area (Å²) in [5.74, 6) is 1.83. The predicted octanol–water partition coefficient (Wildman–Crippen LogP) is 4.51. The van der Waals surface area contributed by atoms with E-state index in [4.69, 9.17) is 0 Å². The van der Waals surface area contributed by atoms with E-state index in [1.165, 1.54) is 0 Å². The Kier molecular flexibility index (Phi) is 14.7. The first kappa shape index (κ1) is 32.7. The Morgan fingerprint density at radius 2 is 1.02 bits per heavy atom. The third-order valence-electron chi connectivity index (χ3n) is 6.30. The number of urea groups is 2. The molecule has 0 radical (unpaired) electrons. The van der Waals surface area contributed by atoms with Gasteiger partial charge < -0.3 is 31.9 Å². The molecule has 2 heterocycles. The van der Waals surface area contributed by atoms with E-state index in [0.717, 1.165) is 98.9 Å². The number of rotatable bonds is 11. The van der Waals surface area contributed by atoms with Crippen LogP contribution in [0.1, 0.15) is 49.7 Å². The van der Waals surface area contributed by atoms with Gasteiger partial charge in [-0.25, -0.2) is 9.59 Å². The van der Waals surface area contributed by atoms with Gasteiger partial charge in [0.25, 0.3) is 0 Å². The van der Waals surface area contributed by atoms with Crippen molar-refractivity contribution in [2.45, 2.75) is 38.5 Å². The number of aliphatic imine (C=N–C) groups is 2. The zero-order valence-corrected chi connectivity index (χ0v) is 24.3. The van der Waals surface area contributed by atoms with Crippen LogP contribution in [0, 0.1) is 0 Å². The Hall–Kier alpha value is -3.50. The van der Waals surface area contributed by atoms with Crippen LogP contribution in [0.25, 0.3) is 0 Å². The minimum absolute atomic E-state index is 0. The average Bonchev–Trinajstić information content (AvgIpc) is 2.96. The summed E-state index contributed by atoms with van der Waals surface area (Å²) in [7, 11) is 0. The number of hydrogen-bond donors (Lipinski definition) is 6. The molecule has 0 fully saturated rings. The molecule has 4 amide bonds. The van der Waals surface area contributed by atoms with Gasteiger partial charge in [0.1, 0.15) is 11.7 Å². The highest BCUT2D eigenvalue weighted by Gasteiger charge is 2.09. The summed E-state index contributed by atoms with van der Waals surface area (Å²) in [4.78, 5) is 33.2. The fourth-order valence-electron chi connectivity index (χ4n) is 4.23. The number of amidine groups is 2. The molecule has 2 aliphatic heterocycles. The Morgan fingerprint density at radius 1 is 0.625 bits per heavy atom. The molecule has 6 N–H and O–H groups in total. The number of hydrogen-bond acceptors (Lipinski definition) is 6. The lowest BCUT2D eigenvalue weighted by Crippen LogP contribution is -2.31. The number of anilines is 2. The summed E-state index contributed by atoms with van der Waals surface area (Å²) < 4.78 is 0. The Morgan fingerprint density at radius 3 is 1.38 bits per heavy atom. The third kappa shape index (κ3) is 10.9. The summed E-state index contributed by atoms with van der Waals surface area (Å²) >= 11 is 0. The highest BCUT2D eigenvalue weighted by atomic mass is 35.5. The normalized spacial score (nSPS) is 14.0. The molecule has 2 aliphatic rings. The van der Waals surface area contributed by atoms with Crippen LogP contribution in [0.2, 0.25) is 0 Å². The maximum absolute atomic E-state index is 12.1. The van der Waals surface area contributed by atoms with E-state index in [2.05, 4.69) is 41.9 Å². The molecular weight excluding hydrogens is 551 g/mol. The molecule has 0 bridgehead atoms. The second kappa shape index (κ2) is 18.0. The van der Waals surface area contributed by atoms with Crippen LogP contribution in [0.4, 0.5) is 21.0 Å². The summed E-state index contributed by atoms with van der Waals surface area (Å²) in [6, 6.07) is 15.0. The van der Waals surface area contributed by atoms with Crippen molar-refractivity contribution in [3.8, 4) is 0 Å². The quantitative estimate of drug-likeness (QED) is 0.215. The minimum Gasteiger partial charge on any atom is -0.370 e. The van der Waals surface area contributed by atoms with Gasteiger partial charge in [0.15, 0.2) is 0 Å². The molecule has 0 atom stereocenters. The number of unbranched alkanes of at least 4 members (excludes halogenated alkanes) is 3. The van der Waals surface area contributed by atoms with Crippen LogP contribution in [-0.4, -0.2) is 63.0 Å². The maximum Gasteiger partial charge on any atom is 0.319 e. The molecule has 0 saturated carbocycles. The van der Waals surface area contributed by atoms with Crippen LogP contribution >= 0.6 is 24.8 Å². The second-order valence-corrected chi connectivity index (χ2v) is 9.35. The van der Waals surface area contributed by atoms with Crippen LogP contribution in [0.3, 0.4) is 0 Å². The topological polar surface area (TPSA) is 131 Å². The molecule has 0 aliphatic carbocycles. The molecule has 40 heavy (non-hydrogen) atoms. The standard InChI is InChI=1S/C28H38N8O2.2ClH/c37-27(35-23-11-7-21(8-12-23)25-29-17-5-18-30-25)33-15-3-1-2-4-16-34-28(38)36-24-13-9-22(10-14-24)26-31-19-6-20-32-26;;/h7-14H,1-6,15-20H2,(H,29,30)(H,31,32)(H2,33,35,37)(H2,34,36,38);2*1H. The van der Waals surface area contributed by atoms with Crippen LogP contribution in [0.5, 0.6) is 0 Å². The first-order valence-electron chi connectivity index (χ1n) is 13.5. The first-order chi connectivity index (χ1) is 18.7. The van der Waals surface area contributed by atoms with Gasteiger partial charge in [0.05, 0.1) is 0 Å². The van der Waals surface area contributed by atoms with Gasteiger partial charge in [0.2, 0.25) is 0 Å². The Bertz CT molecular complexity index is 1030. The summed E-state index contributed by atoms with van der Waals surface area (Å²) in [6.07, 6.45) is 5.85. The van der Waals surface area contributed by atoms with Crippen molar-refractivity contribution in [3.63, 3.8) is 0 Å². The van der Waals surface area contributed by atoms with Crippen molar-refractivity contribution in [1.29, 1.82) is 0 Å². The SMILES string of the molecule is Cl.Cl.O=C(NCCCCCCNC(=O)Nc1ccc(C2=NCCCN2)cc1)Nc1ccc(C2=NCCCN2)cc1. The molecule has 218 valence electrons. The van der Waals surface area contributed by atoms with Gasteiger partial charge in [-0.05, 0) is 74.2 Å². The zero-order chi connectivity index (χ0) is 26.4. The summed E-state index contributed by atoms with van der Waals surface area (Å²) in [5, 5.41) is 18.1. The van der Waals surface area contributed by atoms with Crippen molar-refractivity contribution < 1.29 is 9.59 Å². The van der Waals surface area contributed by atoms with E-state index in [-0.39, 0.29) is 36.9 Å². The molecule has 2 aromatic carbocycles. The molecule has 10 nitrogen and oxygen atoms in total. The van der Waals surface area contributed by atoms with E-state index in [1.807, 2.05) is 48.5 Å². The van der Waals surface area contributed by atoms with Crippen molar-refractivity contribution in [3.05, 3.63) is 59.7 Å². The molecule has 0 unspecified atom stereocenters. The lowest BCUT2D eigenvalue weighted by Gasteiger charge is -2.15. The average molecular weight is 592 g/mol. The van der Waals surface area contributed by atoms with Gasteiger partial charge in [-0.3, -0.25) is 9.98 Å². The predicted molar refractivity (Wildman–Crippen MR) is 168 cm³/mol. The van der Waals surface area contributed by atoms with E-state index in [1.54, 1.807) is 0 Å². The van der Waals surface area contributed by atoms with E-state index >= 15 is 0 Å².